The SMILES string of the molecule is COC(=O)C(C)(C)Cn1ccc2c(SC)cc(N)cc21. The van der Waals surface area contributed by atoms with Crippen molar-refractivity contribution in [2.75, 3.05) is 19.1 Å². The molecular formula is C15H20N2O2S. The van der Waals surface area contributed by atoms with Crippen molar-refractivity contribution in [2.45, 2.75) is 25.3 Å². The van der Waals surface area contributed by atoms with E-state index in [1.807, 2.05) is 38.4 Å². The second kappa shape index (κ2) is 5.40. The molecule has 0 amide bonds. The topological polar surface area (TPSA) is 57.2 Å². The minimum atomic E-state index is -0.579. The summed E-state index contributed by atoms with van der Waals surface area (Å²) in [5, 5.41) is 1.16. The average Bonchev–Trinajstić information content (AvgIpc) is 2.79. The molecule has 5 heteroatoms. The number of thioether (sulfide) groups is 1. The number of nitrogen functional groups attached to an aromatic ring is 1. The van der Waals surface area contributed by atoms with Gasteiger partial charge in [0.15, 0.2) is 0 Å². The van der Waals surface area contributed by atoms with Crippen molar-refractivity contribution < 1.29 is 9.53 Å². The predicted molar refractivity (Wildman–Crippen MR) is 83.9 cm³/mol. The molecule has 0 spiro atoms. The lowest BCUT2D eigenvalue weighted by atomic mass is 9.93. The largest absolute Gasteiger partial charge is 0.469 e. The number of esters is 1. The molecule has 0 aliphatic heterocycles. The molecule has 0 aliphatic rings. The Balaban J connectivity index is 2.46. The number of hydrogen-bond acceptors (Lipinski definition) is 4. The van der Waals surface area contributed by atoms with Crippen LogP contribution in [0.4, 0.5) is 5.69 Å². The summed E-state index contributed by atoms with van der Waals surface area (Å²) in [6, 6.07) is 5.99. The van der Waals surface area contributed by atoms with Crippen LogP contribution in [0.2, 0.25) is 0 Å². The molecule has 0 saturated heterocycles. The molecule has 0 aliphatic carbocycles. The third-order valence-corrected chi connectivity index (χ3v) is 4.17. The third kappa shape index (κ3) is 2.63. The zero-order valence-corrected chi connectivity index (χ0v) is 13.1. The minimum Gasteiger partial charge on any atom is -0.469 e. The number of aromatic nitrogens is 1. The molecule has 0 unspecified atom stereocenters. The molecule has 4 nitrogen and oxygen atoms in total. The summed E-state index contributed by atoms with van der Waals surface area (Å²) in [5.41, 5.74) is 7.16. The molecule has 2 N–H and O–H groups in total. The lowest BCUT2D eigenvalue weighted by Crippen LogP contribution is -2.30. The molecule has 0 fully saturated rings. The lowest BCUT2D eigenvalue weighted by Gasteiger charge is -2.22. The number of carbonyl (C=O) groups is 1. The Bertz CT molecular complexity index is 647. The van der Waals surface area contributed by atoms with Crippen LogP contribution in [0.1, 0.15) is 13.8 Å². The monoisotopic (exact) mass is 292 g/mol. The van der Waals surface area contributed by atoms with Crippen molar-refractivity contribution in [1.82, 2.24) is 4.57 Å². The van der Waals surface area contributed by atoms with Crippen LogP contribution in [0, 0.1) is 5.41 Å². The normalized spacial score (nSPS) is 11.8. The summed E-state index contributed by atoms with van der Waals surface area (Å²) < 4.78 is 6.92. The van der Waals surface area contributed by atoms with Crippen LogP contribution >= 0.6 is 11.8 Å². The number of ether oxygens (including phenoxy) is 1. The quantitative estimate of drug-likeness (QED) is 0.534. The van der Waals surface area contributed by atoms with E-state index in [0.29, 0.717) is 6.54 Å². The minimum absolute atomic E-state index is 0.214. The number of carbonyl (C=O) groups excluding carboxylic acids is 1. The van der Waals surface area contributed by atoms with Gasteiger partial charge in [0.05, 0.1) is 18.0 Å². The molecule has 0 saturated carbocycles. The fourth-order valence-electron chi connectivity index (χ4n) is 2.36. The van der Waals surface area contributed by atoms with Gasteiger partial charge in [-0.15, -0.1) is 11.8 Å². The van der Waals surface area contributed by atoms with E-state index in [0.717, 1.165) is 21.5 Å². The predicted octanol–water partition coefficient (Wildman–Crippen LogP) is 3.14. The smallest absolute Gasteiger partial charge is 0.313 e. The van der Waals surface area contributed by atoms with Gasteiger partial charge in [-0.25, -0.2) is 0 Å². The van der Waals surface area contributed by atoms with E-state index in [1.165, 1.54) is 7.11 Å². The first-order valence-electron chi connectivity index (χ1n) is 6.40. The highest BCUT2D eigenvalue weighted by Crippen LogP contribution is 2.32. The number of rotatable bonds is 4. The summed E-state index contributed by atoms with van der Waals surface area (Å²) in [6.45, 7) is 4.32. The highest BCUT2D eigenvalue weighted by Gasteiger charge is 2.29. The fourth-order valence-corrected chi connectivity index (χ4v) is 3.00. The Labute approximate surface area is 123 Å². The van der Waals surface area contributed by atoms with Gasteiger partial charge in [-0.3, -0.25) is 4.79 Å². The van der Waals surface area contributed by atoms with Crippen LogP contribution in [0.3, 0.4) is 0 Å². The highest BCUT2D eigenvalue weighted by atomic mass is 32.2. The molecule has 108 valence electrons. The molecule has 1 aromatic heterocycles. The van der Waals surface area contributed by atoms with Crippen molar-refractivity contribution in [2.24, 2.45) is 5.41 Å². The molecule has 0 radical (unpaired) electrons. The van der Waals surface area contributed by atoms with Gasteiger partial charge in [-0.05, 0) is 38.3 Å². The van der Waals surface area contributed by atoms with Crippen LogP contribution in [-0.2, 0) is 16.1 Å². The summed E-state index contributed by atoms with van der Waals surface area (Å²) in [7, 11) is 1.42. The highest BCUT2D eigenvalue weighted by molar-refractivity contribution is 7.98. The van der Waals surface area contributed by atoms with Gasteiger partial charge in [0.25, 0.3) is 0 Å². The Hall–Kier alpha value is -1.62. The number of benzene rings is 1. The van der Waals surface area contributed by atoms with Gasteiger partial charge >= 0.3 is 5.97 Å². The molecule has 1 aromatic carbocycles. The number of anilines is 1. The first kappa shape index (κ1) is 14.8. The van der Waals surface area contributed by atoms with E-state index in [9.17, 15) is 4.79 Å². The van der Waals surface area contributed by atoms with Crippen LogP contribution in [0.25, 0.3) is 10.9 Å². The Morgan fingerprint density at radius 1 is 1.45 bits per heavy atom. The second-order valence-electron chi connectivity index (χ2n) is 5.48. The van der Waals surface area contributed by atoms with Crippen LogP contribution in [-0.4, -0.2) is 23.9 Å². The van der Waals surface area contributed by atoms with E-state index in [1.54, 1.807) is 11.8 Å². The van der Waals surface area contributed by atoms with Crippen molar-refractivity contribution >= 4 is 34.3 Å². The number of methoxy groups -OCH3 is 1. The van der Waals surface area contributed by atoms with Gasteiger partial charge in [-0.2, -0.15) is 0 Å². The zero-order chi connectivity index (χ0) is 14.9. The average molecular weight is 292 g/mol. The number of nitrogens with two attached hydrogens (primary N) is 1. The molecule has 2 aromatic rings. The van der Waals surface area contributed by atoms with E-state index >= 15 is 0 Å². The molecule has 2 rings (SSSR count). The maximum Gasteiger partial charge on any atom is 0.313 e. The maximum atomic E-state index is 11.8. The summed E-state index contributed by atoms with van der Waals surface area (Å²) in [6.07, 6.45) is 4.03. The molecule has 0 bridgehead atoms. The third-order valence-electron chi connectivity index (χ3n) is 3.40. The first-order chi connectivity index (χ1) is 9.39. The first-order valence-corrected chi connectivity index (χ1v) is 7.62. The molecular weight excluding hydrogens is 272 g/mol. The van der Waals surface area contributed by atoms with Crippen molar-refractivity contribution in [1.29, 1.82) is 0 Å². The van der Waals surface area contributed by atoms with Crippen LogP contribution in [0.5, 0.6) is 0 Å². The standard InChI is InChI=1S/C15H20N2O2S/c1-15(2,14(18)19-3)9-17-6-5-11-12(17)7-10(16)8-13(11)20-4/h5-8H,9,16H2,1-4H3. The fraction of sp³-hybridized carbons (Fsp3) is 0.400. The van der Waals surface area contributed by atoms with Crippen molar-refractivity contribution in [3.8, 4) is 0 Å². The van der Waals surface area contributed by atoms with E-state index in [4.69, 9.17) is 10.5 Å². The summed E-state index contributed by atoms with van der Waals surface area (Å²) in [4.78, 5) is 13.0. The van der Waals surface area contributed by atoms with Crippen LogP contribution in [0.15, 0.2) is 29.3 Å². The Morgan fingerprint density at radius 3 is 2.75 bits per heavy atom. The maximum absolute atomic E-state index is 11.8. The summed E-state index contributed by atoms with van der Waals surface area (Å²) in [5.74, 6) is -0.214. The number of hydrogen-bond donors (Lipinski definition) is 1. The van der Waals surface area contributed by atoms with Crippen LogP contribution < -0.4 is 5.73 Å². The van der Waals surface area contributed by atoms with Gasteiger partial charge < -0.3 is 15.0 Å². The van der Waals surface area contributed by atoms with E-state index in [2.05, 4.69) is 10.6 Å². The molecule has 0 atom stereocenters. The van der Waals surface area contributed by atoms with Gasteiger partial charge in [0.2, 0.25) is 0 Å². The van der Waals surface area contributed by atoms with Crippen molar-refractivity contribution in [3.63, 3.8) is 0 Å². The van der Waals surface area contributed by atoms with E-state index < -0.39 is 5.41 Å². The van der Waals surface area contributed by atoms with Gasteiger partial charge in [0, 0.05) is 28.7 Å². The molecule has 20 heavy (non-hydrogen) atoms. The van der Waals surface area contributed by atoms with Crippen molar-refractivity contribution in [3.05, 3.63) is 24.4 Å². The van der Waals surface area contributed by atoms with E-state index in [-0.39, 0.29) is 5.97 Å². The number of nitrogens with zero attached hydrogens (tertiary/aromatic N) is 1. The second-order valence-corrected chi connectivity index (χ2v) is 6.32. The Morgan fingerprint density at radius 2 is 2.15 bits per heavy atom. The molecule has 1 heterocycles. The zero-order valence-electron chi connectivity index (χ0n) is 12.3. The Kier molecular flexibility index (Phi) is 3.99. The van der Waals surface area contributed by atoms with Gasteiger partial charge in [0.1, 0.15) is 0 Å². The number of fused-ring (bicyclic) bond motifs is 1. The lowest BCUT2D eigenvalue weighted by molar-refractivity contribution is -0.151. The summed E-state index contributed by atoms with van der Waals surface area (Å²) >= 11 is 1.67. The van der Waals surface area contributed by atoms with Gasteiger partial charge in [-0.1, -0.05) is 0 Å².